The molecule has 2 aromatic rings. The van der Waals surface area contributed by atoms with E-state index < -0.39 is 5.97 Å². The van der Waals surface area contributed by atoms with Crippen LogP contribution in [0, 0.1) is 3.57 Å². The minimum Gasteiger partial charge on any atom is -0.493 e. The molecule has 0 atom stereocenters. The number of halogens is 1. The number of nitrogens with zero attached hydrogens (tertiary/aromatic N) is 1. The van der Waals surface area contributed by atoms with Gasteiger partial charge in [-0.3, -0.25) is 0 Å². The average molecular weight is 441 g/mol. The van der Waals surface area contributed by atoms with Crippen LogP contribution in [-0.4, -0.2) is 26.1 Å². The van der Waals surface area contributed by atoms with E-state index in [1.165, 1.54) is 11.3 Å². The zero-order valence-electron chi connectivity index (χ0n) is 12.3. The molecule has 0 unspecified atom stereocenters. The molecule has 2 heterocycles. The van der Waals surface area contributed by atoms with Gasteiger partial charge in [0.25, 0.3) is 0 Å². The Morgan fingerprint density at radius 1 is 1.30 bits per heavy atom. The summed E-state index contributed by atoms with van der Waals surface area (Å²) in [7, 11) is 3.16. The molecule has 0 fully saturated rings. The summed E-state index contributed by atoms with van der Waals surface area (Å²) < 4.78 is 16.7. The Labute approximate surface area is 150 Å². The van der Waals surface area contributed by atoms with Crippen molar-refractivity contribution in [2.75, 3.05) is 14.2 Å². The number of cyclic esters (lactones) is 1. The molecule has 0 saturated carbocycles. The Balaban J connectivity index is 1.98. The molecule has 1 aliphatic rings. The minimum absolute atomic E-state index is 0.261. The second-order valence-electron chi connectivity index (χ2n) is 4.55. The summed E-state index contributed by atoms with van der Waals surface area (Å²) >= 11 is 3.63. The Kier molecular flexibility index (Phi) is 4.67. The van der Waals surface area contributed by atoms with Gasteiger partial charge in [-0.1, -0.05) is 6.07 Å². The van der Waals surface area contributed by atoms with Crippen LogP contribution in [-0.2, 0) is 9.53 Å². The monoisotopic (exact) mass is 441 g/mol. The van der Waals surface area contributed by atoms with Crippen LogP contribution in [0.25, 0.3) is 6.08 Å². The number of hydrogen-bond acceptors (Lipinski definition) is 6. The van der Waals surface area contributed by atoms with Gasteiger partial charge in [-0.05, 0) is 57.8 Å². The van der Waals surface area contributed by atoms with Crippen molar-refractivity contribution in [2.24, 2.45) is 4.99 Å². The van der Waals surface area contributed by atoms with Crippen molar-refractivity contribution in [1.29, 1.82) is 0 Å². The quantitative estimate of drug-likeness (QED) is 0.413. The molecule has 0 saturated heterocycles. The Morgan fingerprint density at radius 2 is 2.13 bits per heavy atom. The predicted molar refractivity (Wildman–Crippen MR) is 97.2 cm³/mol. The van der Waals surface area contributed by atoms with E-state index in [1.807, 2.05) is 23.6 Å². The van der Waals surface area contributed by atoms with Crippen molar-refractivity contribution in [2.45, 2.75) is 0 Å². The molecule has 0 N–H and O–H groups in total. The van der Waals surface area contributed by atoms with Gasteiger partial charge in [-0.25, -0.2) is 9.79 Å². The molecule has 23 heavy (non-hydrogen) atoms. The van der Waals surface area contributed by atoms with Gasteiger partial charge >= 0.3 is 5.97 Å². The first-order valence-corrected chi connectivity index (χ1v) is 8.56. The van der Waals surface area contributed by atoms with Gasteiger partial charge < -0.3 is 14.2 Å². The fourth-order valence-corrected chi connectivity index (χ4v) is 3.59. The number of thiophene rings is 1. The molecule has 1 aliphatic heterocycles. The summed E-state index contributed by atoms with van der Waals surface area (Å²) in [5, 5.41) is 1.91. The fourth-order valence-electron chi connectivity index (χ4n) is 2.09. The summed E-state index contributed by atoms with van der Waals surface area (Å²) in [4.78, 5) is 17.1. The molecule has 1 aromatic carbocycles. The van der Waals surface area contributed by atoms with Gasteiger partial charge in [-0.2, -0.15) is 0 Å². The summed E-state index contributed by atoms with van der Waals surface area (Å²) in [6, 6.07) is 7.43. The van der Waals surface area contributed by atoms with Crippen molar-refractivity contribution in [3.05, 3.63) is 49.4 Å². The zero-order valence-corrected chi connectivity index (χ0v) is 15.3. The maximum atomic E-state index is 12.0. The molecular weight excluding hydrogens is 429 g/mol. The number of methoxy groups -OCH3 is 2. The molecular formula is C16H12INO4S. The Morgan fingerprint density at radius 3 is 2.78 bits per heavy atom. The lowest BCUT2D eigenvalue weighted by atomic mass is 10.1. The van der Waals surface area contributed by atoms with Gasteiger partial charge in [0.05, 0.1) is 22.7 Å². The highest BCUT2D eigenvalue weighted by Crippen LogP contribution is 2.34. The van der Waals surface area contributed by atoms with E-state index in [1.54, 1.807) is 26.4 Å². The molecule has 118 valence electrons. The number of aliphatic imine (C=N–C) groups is 1. The van der Waals surface area contributed by atoms with Gasteiger partial charge in [0, 0.05) is 0 Å². The third-order valence-electron chi connectivity index (χ3n) is 3.11. The molecule has 3 rings (SSSR count). The highest BCUT2D eigenvalue weighted by molar-refractivity contribution is 14.1. The van der Waals surface area contributed by atoms with Crippen LogP contribution in [0.4, 0.5) is 0 Å². The molecule has 0 radical (unpaired) electrons. The van der Waals surface area contributed by atoms with E-state index >= 15 is 0 Å². The van der Waals surface area contributed by atoms with Gasteiger partial charge in [0.15, 0.2) is 17.2 Å². The summed E-state index contributed by atoms with van der Waals surface area (Å²) in [5.74, 6) is 1.14. The number of rotatable bonds is 4. The smallest absolute Gasteiger partial charge is 0.363 e. The van der Waals surface area contributed by atoms with Crippen molar-refractivity contribution in [3.8, 4) is 11.5 Å². The lowest BCUT2D eigenvalue weighted by Crippen LogP contribution is -2.03. The summed E-state index contributed by atoms with van der Waals surface area (Å²) in [5.41, 5.74) is 1.05. The largest absolute Gasteiger partial charge is 0.493 e. The second kappa shape index (κ2) is 6.71. The van der Waals surface area contributed by atoms with Crippen molar-refractivity contribution >= 4 is 51.9 Å². The number of carbonyl (C=O) groups excluding carboxylic acids is 1. The van der Waals surface area contributed by atoms with E-state index in [0.29, 0.717) is 17.4 Å². The van der Waals surface area contributed by atoms with Crippen molar-refractivity contribution in [1.82, 2.24) is 0 Å². The first kappa shape index (κ1) is 16.0. The highest BCUT2D eigenvalue weighted by Gasteiger charge is 2.25. The molecule has 0 aliphatic carbocycles. The van der Waals surface area contributed by atoms with Crippen molar-refractivity contribution in [3.63, 3.8) is 0 Å². The summed E-state index contributed by atoms with van der Waals surface area (Å²) in [6.45, 7) is 0. The fraction of sp³-hybridized carbons (Fsp3) is 0.125. The minimum atomic E-state index is -0.460. The number of carbonyl (C=O) groups is 1. The molecule has 5 nitrogen and oxygen atoms in total. The standard InChI is InChI=1S/C16H12INO4S/c1-20-12-8-9(6-10(17)14(12)21-2)7-11-16(19)22-15(18-11)13-4-3-5-23-13/h3-8H,1-2H3/b11-7-. The zero-order chi connectivity index (χ0) is 16.4. The average Bonchev–Trinajstić information content (AvgIpc) is 3.17. The number of ether oxygens (including phenoxy) is 3. The second-order valence-corrected chi connectivity index (χ2v) is 6.66. The summed E-state index contributed by atoms with van der Waals surface area (Å²) in [6.07, 6.45) is 1.67. The molecule has 1 aromatic heterocycles. The third-order valence-corrected chi connectivity index (χ3v) is 4.77. The Hall–Kier alpha value is -1.87. The number of hydrogen-bond donors (Lipinski definition) is 0. The maximum Gasteiger partial charge on any atom is 0.363 e. The van der Waals surface area contributed by atoms with Crippen LogP contribution in [0.3, 0.4) is 0 Å². The van der Waals surface area contributed by atoms with E-state index in [9.17, 15) is 4.79 Å². The normalized spacial score (nSPS) is 15.5. The topological polar surface area (TPSA) is 57.1 Å². The lowest BCUT2D eigenvalue weighted by Gasteiger charge is -2.10. The van der Waals surface area contributed by atoms with Crippen LogP contribution < -0.4 is 9.47 Å². The number of benzene rings is 1. The Bertz CT molecular complexity index is 812. The molecule has 7 heteroatoms. The third kappa shape index (κ3) is 3.25. The van der Waals surface area contributed by atoms with Gasteiger partial charge in [0.1, 0.15) is 0 Å². The van der Waals surface area contributed by atoms with Crippen LogP contribution in [0.5, 0.6) is 11.5 Å². The van der Waals surface area contributed by atoms with Crippen LogP contribution in [0.1, 0.15) is 10.4 Å². The first-order valence-electron chi connectivity index (χ1n) is 6.60. The van der Waals surface area contributed by atoms with E-state index in [2.05, 4.69) is 27.6 Å². The van der Waals surface area contributed by atoms with Crippen LogP contribution in [0.2, 0.25) is 0 Å². The van der Waals surface area contributed by atoms with Gasteiger partial charge in [0.2, 0.25) is 5.90 Å². The van der Waals surface area contributed by atoms with E-state index in [-0.39, 0.29) is 5.70 Å². The molecule has 0 bridgehead atoms. The number of esters is 1. The van der Waals surface area contributed by atoms with Gasteiger partial charge in [-0.15, -0.1) is 11.3 Å². The van der Waals surface area contributed by atoms with Crippen molar-refractivity contribution < 1.29 is 19.0 Å². The van der Waals surface area contributed by atoms with E-state index in [4.69, 9.17) is 14.2 Å². The lowest BCUT2D eigenvalue weighted by molar-refractivity contribution is -0.129. The molecule has 0 spiro atoms. The maximum absolute atomic E-state index is 12.0. The van der Waals surface area contributed by atoms with Crippen LogP contribution >= 0.6 is 33.9 Å². The SMILES string of the molecule is COc1cc(/C=C2\N=C(c3cccs3)OC2=O)cc(I)c1OC. The predicted octanol–water partition coefficient (Wildman–Crippen LogP) is 3.71. The highest BCUT2D eigenvalue weighted by atomic mass is 127. The molecule has 0 amide bonds. The van der Waals surface area contributed by atoms with E-state index in [0.717, 1.165) is 14.0 Å². The van der Waals surface area contributed by atoms with Crippen LogP contribution in [0.15, 0.2) is 40.3 Å². The first-order chi connectivity index (χ1) is 11.1.